The van der Waals surface area contributed by atoms with Crippen molar-refractivity contribution in [3.05, 3.63) is 102 Å². The summed E-state index contributed by atoms with van der Waals surface area (Å²) in [5.74, 6) is 0.0203. The van der Waals surface area contributed by atoms with Gasteiger partial charge < -0.3 is 4.98 Å². The summed E-state index contributed by atoms with van der Waals surface area (Å²) in [7, 11) is 0. The molecular formula is C26H19NO. The summed E-state index contributed by atoms with van der Waals surface area (Å²) in [6, 6.07) is 26.8. The Kier molecular flexibility index (Phi) is 3.84. The van der Waals surface area contributed by atoms with Crippen LogP contribution < -0.4 is 0 Å². The molecule has 0 amide bonds. The fraction of sp³-hybridized carbons (Fsp3) is 0.0385. The van der Waals surface area contributed by atoms with Gasteiger partial charge in [-0.2, -0.15) is 0 Å². The molecule has 0 aliphatic rings. The van der Waals surface area contributed by atoms with E-state index in [1.54, 1.807) is 6.08 Å². The van der Waals surface area contributed by atoms with Gasteiger partial charge in [0.2, 0.25) is 0 Å². The second kappa shape index (κ2) is 6.50. The van der Waals surface area contributed by atoms with Gasteiger partial charge in [0.15, 0.2) is 5.78 Å². The van der Waals surface area contributed by atoms with Crippen LogP contribution in [-0.2, 0) is 0 Å². The number of aromatic amines is 1. The van der Waals surface area contributed by atoms with Gasteiger partial charge in [-0.05, 0) is 58.3 Å². The van der Waals surface area contributed by atoms with Crippen LogP contribution >= 0.6 is 0 Å². The van der Waals surface area contributed by atoms with Crippen LogP contribution in [-0.4, -0.2) is 10.8 Å². The van der Waals surface area contributed by atoms with Crippen LogP contribution in [0, 0.1) is 6.92 Å². The van der Waals surface area contributed by atoms with Crippen LogP contribution in [0.1, 0.15) is 21.6 Å². The summed E-state index contributed by atoms with van der Waals surface area (Å²) >= 11 is 0. The van der Waals surface area contributed by atoms with Gasteiger partial charge in [-0.1, -0.05) is 66.7 Å². The quantitative estimate of drug-likeness (QED) is 0.217. The number of hydrogen-bond acceptors (Lipinski definition) is 1. The Bertz CT molecular complexity index is 1330. The second-order valence-electron chi connectivity index (χ2n) is 7.10. The molecule has 0 radical (unpaired) electrons. The SMILES string of the molecule is Cc1[nH]c2ccccc2c1C(=O)C=Cc1c2ccccc2cc2ccccc12. The van der Waals surface area contributed by atoms with E-state index in [2.05, 4.69) is 35.3 Å². The highest BCUT2D eigenvalue weighted by molar-refractivity contribution is 6.17. The Balaban J connectivity index is 1.67. The molecule has 0 bridgehead atoms. The summed E-state index contributed by atoms with van der Waals surface area (Å²) in [6.45, 7) is 1.95. The van der Waals surface area contributed by atoms with Crippen molar-refractivity contribution >= 4 is 44.3 Å². The number of aryl methyl sites for hydroxylation is 1. The molecule has 28 heavy (non-hydrogen) atoms. The van der Waals surface area contributed by atoms with E-state index in [0.717, 1.165) is 38.5 Å². The number of benzene rings is 4. The van der Waals surface area contributed by atoms with E-state index in [1.807, 2.05) is 61.5 Å². The Morgan fingerprint density at radius 3 is 2.04 bits per heavy atom. The third-order valence-corrected chi connectivity index (χ3v) is 5.35. The molecule has 1 N–H and O–H groups in total. The highest BCUT2D eigenvalue weighted by Gasteiger charge is 2.14. The lowest BCUT2D eigenvalue weighted by Gasteiger charge is -2.08. The van der Waals surface area contributed by atoms with Crippen molar-refractivity contribution < 1.29 is 4.79 Å². The lowest BCUT2D eigenvalue weighted by molar-refractivity contribution is 0.104. The fourth-order valence-corrected chi connectivity index (χ4v) is 4.06. The van der Waals surface area contributed by atoms with Gasteiger partial charge in [-0.25, -0.2) is 0 Å². The largest absolute Gasteiger partial charge is 0.358 e. The first kappa shape index (κ1) is 16.5. The van der Waals surface area contributed by atoms with Crippen molar-refractivity contribution in [2.24, 2.45) is 0 Å². The minimum absolute atomic E-state index is 0.0203. The minimum Gasteiger partial charge on any atom is -0.358 e. The highest BCUT2D eigenvalue weighted by atomic mass is 16.1. The number of ketones is 1. The van der Waals surface area contributed by atoms with Gasteiger partial charge in [0.05, 0.1) is 5.56 Å². The van der Waals surface area contributed by atoms with E-state index in [9.17, 15) is 4.79 Å². The zero-order chi connectivity index (χ0) is 19.1. The summed E-state index contributed by atoms with van der Waals surface area (Å²) in [4.78, 5) is 16.4. The molecule has 2 heteroatoms. The molecule has 0 saturated heterocycles. The smallest absolute Gasteiger partial charge is 0.188 e. The van der Waals surface area contributed by atoms with Crippen molar-refractivity contribution in [1.29, 1.82) is 0 Å². The number of carbonyl (C=O) groups is 1. The maximum Gasteiger partial charge on any atom is 0.188 e. The molecule has 0 aliphatic heterocycles. The molecule has 134 valence electrons. The number of allylic oxidation sites excluding steroid dienone is 1. The number of nitrogens with one attached hydrogen (secondary N) is 1. The molecule has 0 saturated carbocycles. The first-order valence-electron chi connectivity index (χ1n) is 9.42. The van der Waals surface area contributed by atoms with Gasteiger partial charge in [0, 0.05) is 16.6 Å². The highest BCUT2D eigenvalue weighted by Crippen LogP contribution is 2.30. The zero-order valence-electron chi connectivity index (χ0n) is 15.6. The standard InChI is InChI=1S/C26H19NO/c1-17-26(23-12-6-7-13-24(23)27-17)25(28)15-14-22-20-10-4-2-8-18(20)16-19-9-3-5-11-21(19)22/h2-16,27H,1H3. The molecule has 5 rings (SSSR count). The molecule has 0 aliphatic carbocycles. The van der Waals surface area contributed by atoms with Gasteiger partial charge in [-0.15, -0.1) is 0 Å². The fourth-order valence-electron chi connectivity index (χ4n) is 4.06. The van der Waals surface area contributed by atoms with Crippen molar-refractivity contribution in [3.63, 3.8) is 0 Å². The normalized spacial score (nSPS) is 11.8. The maximum atomic E-state index is 13.1. The van der Waals surface area contributed by atoms with Crippen molar-refractivity contribution in [2.45, 2.75) is 6.92 Å². The Labute approximate surface area is 163 Å². The zero-order valence-corrected chi connectivity index (χ0v) is 15.6. The maximum absolute atomic E-state index is 13.1. The molecule has 2 nitrogen and oxygen atoms in total. The Hall–Kier alpha value is -3.65. The van der Waals surface area contributed by atoms with Crippen molar-refractivity contribution in [3.8, 4) is 0 Å². The number of para-hydroxylation sites is 1. The number of H-pyrrole nitrogens is 1. The second-order valence-corrected chi connectivity index (χ2v) is 7.10. The summed E-state index contributed by atoms with van der Waals surface area (Å²) in [5, 5.41) is 5.63. The Morgan fingerprint density at radius 1 is 0.786 bits per heavy atom. The average Bonchev–Trinajstić information content (AvgIpc) is 3.06. The molecule has 4 aromatic carbocycles. The summed E-state index contributed by atoms with van der Waals surface area (Å²) in [5.41, 5.74) is 3.72. The van der Waals surface area contributed by atoms with E-state index in [1.165, 1.54) is 10.8 Å². The average molecular weight is 361 g/mol. The molecule has 1 aromatic heterocycles. The molecule has 0 unspecified atom stereocenters. The van der Waals surface area contributed by atoms with Gasteiger partial charge >= 0.3 is 0 Å². The number of rotatable bonds is 3. The lowest BCUT2D eigenvalue weighted by Crippen LogP contribution is -1.96. The molecule has 5 aromatic rings. The van der Waals surface area contributed by atoms with Gasteiger partial charge in [0.1, 0.15) is 0 Å². The predicted molar refractivity (Wildman–Crippen MR) is 118 cm³/mol. The van der Waals surface area contributed by atoms with Crippen molar-refractivity contribution in [2.75, 3.05) is 0 Å². The first-order valence-corrected chi connectivity index (χ1v) is 9.42. The van der Waals surface area contributed by atoms with Crippen LogP contribution in [0.25, 0.3) is 38.5 Å². The molecule has 1 heterocycles. The topological polar surface area (TPSA) is 32.9 Å². The van der Waals surface area contributed by atoms with Gasteiger partial charge in [0.25, 0.3) is 0 Å². The number of carbonyl (C=O) groups excluding carboxylic acids is 1. The third kappa shape index (κ3) is 2.62. The van der Waals surface area contributed by atoms with Crippen LogP contribution in [0.5, 0.6) is 0 Å². The van der Waals surface area contributed by atoms with E-state index in [-0.39, 0.29) is 5.78 Å². The Morgan fingerprint density at radius 2 is 1.36 bits per heavy atom. The van der Waals surface area contributed by atoms with E-state index in [0.29, 0.717) is 0 Å². The monoisotopic (exact) mass is 361 g/mol. The van der Waals surface area contributed by atoms with Gasteiger partial charge in [-0.3, -0.25) is 4.79 Å². The number of fused-ring (bicyclic) bond motifs is 3. The van der Waals surface area contributed by atoms with E-state index in [4.69, 9.17) is 0 Å². The summed E-state index contributed by atoms with van der Waals surface area (Å²) in [6.07, 6.45) is 3.67. The van der Waals surface area contributed by atoms with Crippen LogP contribution in [0.15, 0.2) is 84.9 Å². The summed E-state index contributed by atoms with van der Waals surface area (Å²) < 4.78 is 0. The van der Waals surface area contributed by atoms with E-state index < -0.39 is 0 Å². The van der Waals surface area contributed by atoms with Crippen LogP contribution in [0.4, 0.5) is 0 Å². The number of hydrogen-bond donors (Lipinski definition) is 1. The molecular weight excluding hydrogens is 342 g/mol. The van der Waals surface area contributed by atoms with Crippen LogP contribution in [0.2, 0.25) is 0 Å². The number of aromatic nitrogens is 1. The molecule has 0 fully saturated rings. The van der Waals surface area contributed by atoms with Crippen molar-refractivity contribution in [1.82, 2.24) is 4.98 Å². The first-order chi connectivity index (χ1) is 13.7. The van der Waals surface area contributed by atoms with E-state index >= 15 is 0 Å². The van der Waals surface area contributed by atoms with Crippen LogP contribution in [0.3, 0.4) is 0 Å². The molecule has 0 spiro atoms. The predicted octanol–water partition coefficient (Wildman–Crippen LogP) is 6.68. The molecule has 0 atom stereocenters. The third-order valence-electron chi connectivity index (χ3n) is 5.35. The minimum atomic E-state index is 0.0203. The lowest BCUT2D eigenvalue weighted by atomic mass is 9.96.